The van der Waals surface area contributed by atoms with Crippen molar-refractivity contribution < 1.29 is 10.0 Å². The topological polar surface area (TPSA) is 79.1 Å². The first-order valence-electron chi connectivity index (χ1n) is 8.55. The maximum Gasteiger partial charge on any atom is 0.489 e. The highest BCUT2D eigenvalue weighted by Crippen LogP contribution is 2.23. The second-order valence-corrected chi connectivity index (χ2v) is 6.00. The molecule has 6 heteroatoms. The van der Waals surface area contributed by atoms with Gasteiger partial charge in [0.2, 0.25) is 0 Å². The van der Waals surface area contributed by atoms with Gasteiger partial charge in [-0.25, -0.2) is 15.0 Å². The predicted octanol–water partition coefficient (Wildman–Crippen LogP) is 2.55. The Balaban J connectivity index is 1.95. The lowest BCUT2D eigenvalue weighted by Crippen LogP contribution is -2.31. The maximum atomic E-state index is 9.72. The third-order valence-electron chi connectivity index (χ3n) is 4.18. The van der Waals surface area contributed by atoms with Crippen molar-refractivity contribution >= 4 is 12.6 Å². The Morgan fingerprint density at radius 3 is 1.48 bits per heavy atom. The number of aromatic nitrogens is 3. The van der Waals surface area contributed by atoms with Crippen molar-refractivity contribution in [2.75, 3.05) is 0 Å². The van der Waals surface area contributed by atoms with Crippen LogP contribution in [0.15, 0.2) is 84.9 Å². The van der Waals surface area contributed by atoms with Crippen LogP contribution in [0.1, 0.15) is 0 Å². The Bertz CT molecular complexity index is 999. The lowest BCUT2D eigenvalue weighted by Gasteiger charge is -2.11. The van der Waals surface area contributed by atoms with Crippen LogP contribution in [0.5, 0.6) is 0 Å². The first-order valence-corrected chi connectivity index (χ1v) is 8.55. The van der Waals surface area contributed by atoms with Gasteiger partial charge in [-0.15, -0.1) is 0 Å². The van der Waals surface area contributed by atoms with E-state index < -0.39 is 7.12 Å². The zero-order valence-electron chi connectivity index (χ0n) is 14.4. The molecule has 0 fully saturated rings. The quantitative estimate of drug-likeness (QED) is 0.552. The van der Waals surface area contributed by atoms with E-state index in [9.17, 15) is 10.0 Å². The third-order valence-corrected chi connectivity index (χ3v) is 4.18. The fraction of sp³-hybridized carbons (Fsp3) is 0. The van der Waals surface area contributed by atoms with Gasteiger partial charge in [-0.05, 0) is 5.46 Å². The van der Waals surface area contributed by atoms with Crippen LogP contribution in [-0.2, 0) is 0 Å². The molecule has 0 amide bonds. The molecule has 1 aromatic heterocycles. The van der Waals surface area contributed by atoms with Crippen LogP contribution in [0.3, 0.4) is 0 Å². The first-order chi connectivity index (χ1) is 13.2. The van der Waals surface area contributed by atoms with Gasteiger partial charge >= 0.3 is 7.12 Å². The van der Waals surface area contributed by atoms with Crippen molar-refractivity contribution in [2.24, 2.45) is 0 Å². The van der Waals surface area contributed by atoms with Gasteiger partial charge in [-0.3, -0.25) is 0 Å². The molecule has 1 heterocycles. The van der Waals surface area contributed by atoms with Crippen LogP contribution in [0.4, 0.5) is 0 Å². The second kappa shape index (κ2) is 7.49. The van der Waals surface area contributed by atoms with Gasteiger partial charge in [0.15, 0.2) is 17.5 Å². The Hall–Kier alpha value is -3.35. The smallest absolute Gasteiger partial charge is 0.423 e. The lowest BCUT2D eigenvalue weighted by atomic mass is 9.77. The molecule has 0 radical (unpaired) electrons. The fourth-order valence-electron chi connectivity index (χ4n) is 2.85. The second-order valence-electron chi connectivity index (χ2n) is 6.00. The normalized spacial score (nSPS) is 10.6. The van der Waals surface area contributed by atoms with E-state index in [2.05, 4.69) is 15.0 Å². The summed E-state index contributed by atoms with van der Waals surface area (Å²) in [5.41, 5.74) is 2.63. The molecule has 130 valence electrons. The highest BCUT2D eigenvalue weighted by atomic mass is 16.4. The molecule has 0 aliphatic rings. The molecule has 2 N–H and O–H groups in total. The third kappa shape index (κ3) is 3.62. The van der Waals surface area contributed by atoms with Gasteiger partial charge in [-0.2, -0.15) is 0 Å². The van der Waals surface area contributed by atoms with Gasteiger partial charge in [0, 0.05) is 16.7 Å². The van der Waals surface area contributed by atoms with Crippen molar-refractivity contribution in [3.63, 3.8) is 0 Å². The van der Waals surface area contributed by atoms with Gasteiger partial charge in [0.05, 0.1) is 0 Å². The summed E-state index contributed by atoms with van der Waals surface area (Å²) in [5, 5.41) is 19.4. The summed E-state index contributed by atoms with van der Waals surface area (Å²) in [5.74, 6) is 1.45. The van der Waals surface area contributed by atoms with E-state index in [-0.39, 0.29) is 0 Å². The Morgan fingerprint density at radius 1 is 0.519 bits per heavy atom. The minimum atomic E-state index is -1.61. The van der Waals surface area contributed by atoms with Crippen LogP contribution < -0.4 is 5.46 Å². The average Bonchev–Trinajstić information content (AvgIpc) is 2.74. The number of hydrogen-bond donors (Lipinski definition) is 2. The zero-order valence-corrected chi connectivity index (χ0v) is 14.4. The van der Waals surface area contributed by atoms with Gasteiger partial charge in [0.25, 0.3) is 0 Å². The minimum absolute atomic E-state index is 0.349. The summed E-state index contributed by atoms with van der Waals surface area (Å²) in [6, 6.07) is 26.3. The van der Waals surface area contributed by atoms with E-state index >= 15 is 0 Å². The van der Waals surface area contributed by atoms with Crippen LogP contribution in [-0.4, -0.2) is 32.1 Å². The van der Waals surface area contributed by atoms with Crippen molar-refractivity contribution in [3.8, 4) is 34.2 Å². The molecule has 0 bridgehead atoms. The summed E-state index contributed by atoms with van der Waals surface area (Å²) in [6.45, 7) is 0. The highest BCUT2D eigenvalue weighted by Gasteiger charge is 2.20. The summed E-state index contributed by atoms with van der Waals surface area (Å²) < 4.78 is 0. The first kappa shape index (κ1) is 17.1. The monoisotopic (exact) mass is 353 g/mol. The van der Waals surface area contributed by atoms with Crippen molar-refractivity contribution in [1.29, 1.82) is 0 Å². The van der Waals surface area contributed by atoms with E-state index in [0.29, 0.717) is 28.5 Å². The van der Waals surface area contributed by atoms with E-state index in [1.807, 2.05) is 66.7 Å². The molecule has 0 saturated carbocycles. The van der Waals surface area contributed by atoms with E-state index in [1.54, 1.807) is 18.2 Å². The largest absolute Gasteiger partial charge is 0.489 e. The van der Waals surface area contributed by atoms with Gasteiger partial charge in [-0.1, -0.05) is 84.9 Å². The molecular formula is C21H16BN3O2. The number of hydrogen-bond acceptors (Lipinski definition) is 5. The highest BCUT2D eigenvalue weighted by molar-refractivity contribution is 6.60. The van der Waals surface area contributed by atoms with E-state index in [0.717, 1.165) is 11.1 Å². The zero-order chi connectivity index (χ0) is 18.6. The minimum Gasteiger partial charge on any atom is -0.423 e. The van der Waals surface area contributed by atoms with Crippen molar-refractivity contribution in [2.45, 2.75) is 0 Å². The summed E-state index contributed by atoms with van der Waals surface area (Å²) in [7, 11) is -1.61. The molecule has 27 heavy (non-hydrogen) atoms. The van der Waals surface area contributed by atoms with Crippen molar-refractivity contribution in [1.82, 2.24) is 15.0 Å². The Labute approximate surface area is 157 Å². The Morgan fingerprint density at radius 2 is 0.963 bits per heavy atom. The Kier molecular flexibility index (Phi) is 4.74. The molecule has 3 aromatic carbocycles. The summed E-state index contributed by atoms with van der Waals surface area (Å²) in [6.07, 6.45) is 0. The van der Waals surface area contributed by atoms with Crippen LogP contribution in [0, 0.1) is 0 Å². The standard InChI is InChI=1S/C21H16BN3O2/c26-22(27)18-14-8-7-13-17(18)21-24-19(15-9-3-1-4-10-15)23-20(25-21)16-11-5-2-6-12-16/h1-14,26-27H. The van der Waals surface area contributed by atoms with E-state index in [4.69, 9.17) is 0 Å². The molecule has 4 aromatic rings. The molecule has 0 aliphatic carbocycles. The number of nitrogens with zero attached hydrogens (tertiary/aromatic N) is 3. The molecule has 0 saturated heterocycles. The van der Waals surface area contributed by atoms with Crippen LogP contribution >= 0.6 is 0 Å². The molecule has 5 nitrogen and oxygen atoms in total. The molecule has 0 atom stereocenters. The summed E-state index contributed by atoms with van der Waals surface area (Å²) >= 11 is 0. The molecular weight excluding hydrogens is 337 g/mol. The van der Waals surface area contributed by atoms with Gasteiger partial charge in [0.1, 0.15) is 0 Å². The van der Waals surface area contributed by atoms with Crippen LogP contribution in [0.2, 0.25) is 0 Å². The van der Waals surface area contributed by atoms with Gasteiger partial charge < -0.3 is 10.0 Å². The average molecular weight is 353 g/mol. The predicted molar refractivity (Wildman–Crippen MR) is 106 cm³/mol. The maximum absolute atomic E-state index is 9.72. The SMILES string of the molecule is OB(O)c1ccccc1-c1nc(-c2ccccc2)nc(-c2ccccc2)n1. The number of benzene rings is 3. The molecule has 0 unspecified atom stereocenters. The van der Waals surface area contributed by atoms with E-state index in [1.165, 1.54) is 0 Å². The van der Waals surface area contributed by atoms with Crippen LogP contribution in [0.25, 0.3) is 34.2 Å². The number of rotatable bonds is 4. The molecule has 0 spiro atoms. The lowest BCUT2D eigenvalue weighted by molar-refractivity contribution is 0.426. The molecule has 0 aliphatic heterocycles. The fourth-order valence-corrected chi connectivity index (χ4v) is 2.85. The summed E-state index contributed by atoms with van der Waals surface area (Å²) in [4.78, 5) is 13.8. The van der Waals surface area contributed by atoms with Crippen molar-refractivity contribution in [3.05, 3.63) is 84.9 Å². The molecule has 4 rings (SSSR count).